The van der Waals surface area contributed by atoms with Gasteiger partial charge in [-0.05, 0) is 25.7 Å². The number of amides is 1. The maximum absolute atomic E-state index is 11.4. The second-order valence-electron chi connectivity index (χ2n) is 5.31. The quantitative estimate of drug-likeness (QED) is 0.394. The molecule has 1 aliphatic heterocycles. The molecule has 1 heterocycles. The van der Waals surface area contributed by atoms with Crippen LogP contribution in [0.4, 0.5) is 0 Å². The molecule has 1 aliphatic rings. The first-order valence-corrected chi connectivity index (χ1v) is 7.08. The number of carbonyl (C=O) groups excluding carboxylic acids is 1. The maximum atomic E-state index is 11.4. The molecule has 1 fully saturated rings. The lowest BCUT2D eigenvalue weighted by Gasteiger charge is -2.31. The van der Waals surface area contributed by atoms with Gasteiger partial charge < -0.3 is 20.6 Å². The molecule has 0 saturated carbocycles. The van der Waals surface area contributed by atoms with Crippen molar-refractivity contribution in [1.82, 2.24) is 10.6 Å². The number of carboxylic acids is 1. The molecule has 1 amide bonds. The standard InChI is InChI=1S/C14H24N2O5/c1-3-4-9-7-10(14(20)21)16-12(9)13(15-8(2)18)11(19)5-6-17/h3-4,9-13,16-17,19H,5-7H2,1-2H3,(H,15,18)(H,20,21)/b4-3-/t9-,10-,11-,12-,13+/m1/s1. The average Bonchev–Trinajstić information content (AvgIpc) is 2.80. The van der Waals surface area contributed by atoms with Gasteiger partial charge in [-0.3, -0.25) is 14.9 Å². The van der Waals surface area contributed by atoms with Crippen molar-refractivity contribution in [2.75, 3.05) is 6.61 Å². The van der Waals surface area contributed by atoms with Crippen LogP contribution in [0.5, 0.6) is 0 Å². The number of aliphatic hydroxyl groups is 2. The fourth-order valence-corrected chi connectivity index (χ4v) is 2.80. The largest absolute Gasteiger partial charge is 0.480 e. The summed E-state index contributed by atoms with van der Waals surface area (Å²) in [6.07, 6.45) is 3.26. The molecule has 21 heavy (non-hydrogen) atoms. The van der Waals surface area contributed by atoms with Crippen LogP contribution in [0.25, 0.3) is 0 Å². The summed E-state index contributed by atoms with van der Waals surface area (Å²) in [5.41, 5.74) is 0. The van der Waals surface area contributed by atoms with Crippen molar-refractivity contribution >= 4 is 11.9 Å². The van der Waals surface area contributed by atoms with Crippen molar-refractivity contribution in [3.8, 4) is 0 Å². The molecule has 0 spiro atoms. The lowest BCUT2D eigenvalue weighted by atomic mass is 9.89. The van der Waals surface area contributed by atoms with E-state index in [9.17, 15) is 14.7 Å². The highest BCUT2D eigenvalue weighted by Crippen LogP contribution is 2.26. The Balaban J connectivity index is 2.95. The van der Waals surface area contributed by atoms with E-state index in [1.807, 2.05) is 19.1 Å². The van der Waals surface area contributed by atoms with E-state index in [-0.39, 0.29) is 24.9 Å². The van der Waals surface area contributed by atoms with Gasteiger partial charge in [0, 0.05) is 19.6 Å². The smallest absolute Gasteiger partial charge is 0.320 e. The number of rotatable bonds is 7. The molecule has 0 aromatic heterocycles. The van der Waals surface area contributed by atoms with Crippen LogP contribution >= 0.6 is 0 Å². The van der Waals surface area contributed by atoms with Crippen LogP contribution in [0, 0.1) is 5.92 Å². The van der Waals surface area contributed by atoms with Gasteiger partial charge in [0.15, 0.2) is 0 Å². The Morgan fingerprint density at radius 2 is 2.14 bits per heavy atom. The van der Waals surface area contributed by atoms with Gasteiger partial charge in [-0.2, -0.15) is 0 Å². The van der Waals surface area contributed by atoms with Gasteiger partial charge in [0.05, 0.1) is 12.1 Å². The highest BCUT2D eigenvalue weighted by molar-refractivity contribution is 5.75. The molecule has 0 unspecified atom stereocenters. The second-order valence-corrected chi connectivity index (χ2v) is 5.31. The second kappa shape index (κ2) is 8.11. The van der Waals surface area contributed by atoms with Gasteiger partial charge in [-0.1, -0.05) is 12.2 Å². The Bertz CT molecular complexity index is 399. The number of hydrogen-bond acceptors (Lipinski definition) is 5. The molecule has 5 atom stereocenters. The molecule has 120 valence electrons. The summed E-state index contributed by atoms with van der Waals surface area (Å²) >= 11 is 0. The SMILES string of the molecule is C/C=C\[C@@H]1C[C@H](C(=O)O)N[C@H]1[C@@H](NC(C)=O)[C@H](O)CCO. The third-order valence-corrected chi connectivity index (χ3v) is 3.70. The van der Waals surface area contributed by atoms with Crippen molar-refractivity contribution in [2.45, 2.75) is 50.9 Å². The van der Waals surface area contributed by atoms with Gasteiger partial charge in [-0.15, -0.1) is 0 Å². The molecule has 0 radical (unpaired) electrons. The first-order chi connectivity index (χ1) is 9.90. The molecule has 0 aromatic carbocycles. The van der Waals surface area contributed by atoms with Crippen LogP contribution < -0.4 is 10.6 Å². The normalized spacial score (nSPS) is 28.5. The number of allylic oxidation sites excluding steroid dienone is 1. The molecule has 1 rings (SSSR count). The van der Waals surface area contributed by atoms with Crippen LogP contribution in [0.1, 0.15) is 26.7 Å². The Morgan fingerprint density at radius 1 is 1.48 bits per heavy atom. The number of carbonyl (C=O) groups is 2. The van der Waals surface area contributed by atoms with Crippen molar-refractivity contribution in [3.63, 3.8) is 0 Å². The van der Waals surface area contributed by atoms with Crippen molar-refractivity contribution in [2.24, 2.45) is 5.92 Å². The predicted molar refractivity (Wildman–Crippen MR) is 76.6 cm³/mol. The molecule has 7 nitrogen and oxygen atoms in total. The Kier molecular flexibility index (Phi) is 6.80. The third-order valence-electron chi connectivity index (χ3n) is 3.70. The first-order valence-electron chi connectivity index (χ1n) is 7.08. The Hall–Kier alpha value is -1.44. The highest BCUT2D eigenvalue weighted by atomic mass is 16.4. The zero-order valence-corrected chi connectivity index (χ0v) is 12.3. The number of aliphatic carboxylic acids is 1. The highest BCUT2D eigenvalue weighted by Gasteiger charge is 2.42. The summed E-state index contributed by atoms with van der Waals surface area (Å²) < 4.78 is 0. The fourth-order valence-electron chi connectivity index (χ4n) is 2.80. The predicted octanol–water partition coefficient (Wildman–Crippen LogP) is -0.758. The molecule has 5 N–H and O–H groups in total. The Labute approximate surface area is 124 Å². The summed E-state index contributed by atoms with van der Waals surface area (Å²) in [5, 5.41) is 33.9. The number of nitrogens with one attached hydrogen (secondary N) is 2. The Morgan fingerprint density at radius 3 is 2.62 bits per heavy atom. The summed E-state index contributed by atoms with van der Waals surface area (Å²) in [6, 6.07) is -1.76. The lowest BCUT2D eigenvalue weighted by Crippen LogP contribution is -2.56. The van der Waals surface area contributed by atoms with Crippen LogP contribution in [0.3, 0.4) is 0 Å². The van der Waals surface area contributed by atoms with E-state index in [1.165, 1.54) is 6.92 Å². The number of carboxylic acid groups (broad SMARTS) is 1. The van der Waals surface area contributed by atoms with E-state index in [0.717, 1.165) is 0 Å². The van der Waals surface area contributed by atoms with Gasteiger partial charge in [0.2, 0.25) is 5.91 Å². The van der Waals surface area contributed by atoms with Crippen molar-refractivity contribution in [1.29, 1.82) is 0 Å². The molecule has 0 aromatic rings. The summed E-state index contributed by atoms with van der Waals surface area (Å²) in [7, 11) is 0. The molecular formula is C14H24N2O5. The van der Waals surface area contributed by atoms with Crippen LogP contribution in [0.15, 0.2) is 12.2 Å². The van der Waals surface area contributed by atoms with Gasteiger partial charge in [-0.25, -0.2) is 0 Å². The van der Waals surface area contributed by atoms with E-state index in [2.05, 4.69) is 10.6 Å². The minimum absolute atomic E-state index is 0.110. The van der Waals surface area contributed by atoms with E-state index >= 15 is 0 Å². The van der Waals surface area contributed by atoms with Crippen molar-refractivity contribution in [3.05, 3.63) is 12.2 Å². The number of hydrogen-bond donors (Lipinski definition) is 5. The van der Waals surface area contributed by atoms with E-state index in [4.69, 9.17) is 10.2 Å². The first kappa shape index (κ1) is 17.6. The topological polar surface area (TPSA) is 119 Å². The molecule has 0 aliphatic carbocycles. The minimum Gasteiger partial charge on any atom is -0.480 e. The monoisotopic (exact) mass is 300 g/mol. The molecule has 0 bridgehead atoms. The van der Waals surface area contributed by atoms with Crippen LogP contribution in [-0.2, 0) is 9.59 Å². The molecule has 1 saturated heterocycles. The van der Waals surface area contributed by atoms with Gasteiger partial charge in [0.25, 0.3) is 0 Å². The lowest BCUT2D eigenvalue weighted by molar-refractivity contribution is -0.139. The molecule has 7 heteroatoms. The summed E-state index contributed by atoms with van der Waals surface area (Å²) in [4.78, 5) is 22.5. The van der Waals surface area contributed by atoms with E-state index in [0.29, 0.717) is 6.42 Å². The molecular weight excluding hydrogens is 276 g/mol. The summed E-state index contributed by atoms with van der Waals surface area (Å²) in [5.74, 6) is -1.37. The minimum atomic E-state index is -0.953. The van der Waals surface area contributed by atoms with E-state index in [1.54, 1.807) is 0 Å². The zero-order valence-electron chi connectivity index (χ0n) is 12.3. The third kappa shape index (κ3) is 4.80. The zero-order chi connectivity index (χ0) is 16.0. The summed E-state index contributed by atoms with van der Waals surface area (Å²) in [6.45, 7) is 2.97. The van der Waals surface area contributed by atoms with Crippen molar-refractivity contribution < 1.29 is 24.9 Å². The van der Waals surface area contributed by atoms with Gasteiger partial charge >= 0.3 is 5.97 Å². The fraction of sp³-hybridized carbons (Fsp3) is 0.714. The van der Waals surface area contributed by atoms with E-state index < -0.39 is 30.2 Å². The maximum Gasteiger partial charge on any atom is 0.320 e. The van der Waals surface area contributed by atoms with Crippen LogP contribution in [0.2, 0.25) is 0 Å². The number of aliphatic hydroxyl groups excluding tert-OH is 2. The average molecular weight is 300 g/mol. The van der Waals surface area contributed by atoms with Crippen LogP contribution in [-0.4, -0.2) is 58.0 Å². The van der Waals surface area contributed by atoms with Gasteiger partial charge in [0.1, 0.15) is 6.04 Å².